The van der Waals surface area contributed by atoms with Crippen LogP contribution in [-0.2, 0) is 9.53 Å². The second kappa shape index (κ2) is 9.06. The van der Waals surface area contributed by atoms with E-state index < -0.39 is 17.7 Å². The van der Waals surface area contributed by atoms with Gasteiger partial charge in [-0.25, -0.2) is 4.79 Å². The quantitative estimate of drug-likeness (QED) is 0.702. The molecule has 2 saturated heterocycles. The third-order valence-electron chi connectivity index (χ3n) is 5.72. The maximum Gasteiger partial charge on any atom is 0.410 e. The van der Waals surface area contributed by atoms with Gasteiger partial charge in [-0.15, -0.1) is 0 Å². The largest absolute Gasteiger partial charge is 0.497 e. The SMILES string of the molecule is COc1ccc(C(=O)C2CCN(C(=O)C3CCCN3C(=O)OC(C)(C)C)CC2)cc1. The summed E-state index contributed by atoms with van der Waals surface area (Å²) in [5.41, 5.74) is 0.0837. The summed E-state index contributed by atoms with van der Waals surface area (Å²) in [6, 6.07) is 6.69. The molecule has 3 rings (SSSR count). The Labute approximate surface area is 178 Å². The van der Waals surface area contributed by atoms with Crippen molar-refractivity contribution >= 4 is 17.8 Å². The molecule has 2 amide bonds. The van der Waals surface area contributed by atoms with Crippen molar-refractivity contribution < 1.29 is 23.9 Å². The molecule has 30 heavy (non-hydrogen) atoms. The van der Waals surface area contributed by atoms with Crippen molar-refractivity contribution in [3.8, 4) is 5.75 Å². The molecule has 0 aromatic heterocycles. The van der Waals surface area contributed by atoms with E-state index in [1.54, 1.807) is 41.2 Å². The number of amides is 2. The highest BCUT2D eigenvalue weighted by molar-refractivity contribution is 5.98. The zero-order chi connectivity index (χ0) is 21.9. The summed E-state index contributed by atoms with van der Waals surface area (Å²) in [7, 11) is 1.60. The number of likely N-dealkylation sites (tertiary alicyclic amines) is 2. The summed E-state index contributed by atoms with van der Waals surface area (Å²) in [5, 5.41) is 0. The van der Waals surface area contributed by atoms with Crippen LogP contribution in [0.5, 0.6) is 5.75 Å². The molecule has 1 unspecified atom stereocenters. The molecule has 1 aromatic carbocycles. The molecule has 2 fully saturated rings. The number of carbonyl (C=O) groups excluding carboxylic acids is 3. The van der Waals surface area contributed by atoms with E-state index >= 15 is 0 Å². The van der Waals surface area contributed by atoms with Gasteiger partial charge in [0.2, 0.25) is 5.91 Å². The smallest absolute Gasteiger partial charge is 0.410 e. The Balaban J connectivity index is 1.56. The number of benzene rings is 1. The van der Waals surface area contributed by atoms with Crippen molar-refractivity contribution in [2.45, 2.75) is 58.1 Å². The molecule has 7 nitrogen and oxygen atoms in total. The van der Waals surface area contributed by atoms with Crippen LogP contribution < -0.4 is 4.74 Å². The Morgan fingerprint density at radius 3 is 2.17 bits per heavy atom. The first-order valence-electron chi connectivity index (χ1n) is 10.7. The molecular formula is C23H32N2O5. The van der Waals surface area contributed by atoms with Crippen LogP contribution in [-0.4, -0.2) is 66.0 Å². The first-order chi connectivity index (χ1) is 14.2. The Hall–Kier alpha value is -2.57. The number of rotatable bonds is 4. The Bertz CT molecular complexity index is 776. The van der Waals surface area contributed by atoms with Crippen molar-refractivity contribution in [3.63, 3.8) is 0 Å². The van der Waals surface area contributed by atoms with Gasteiger partial charge in [0.15, 0.2) is 5.78 Å². The first-order valence-corrected chi connectivity index (χ1v) is 10.7. The number of Topliss-reactive ketones (excluding diaryl/α,β-unsaturated/α-hetero) is 1. The Kier molecular flexibility index (Phi) is 6.68. The van der Waals surface area contributed by atoms with Gasteiger partial charge in [-0.05, 0) is 70.7 Å². The number of ether oxygens (including phenoxy) is 2. The van der Waals surface area contributed by atoms with Crippen LogP contribution in [0, 0.1) is 5.92 Å². The standard InChI is InChI=1S/C23H32N2O5/c1-23(2,3)30-22(28)25-13-5-6-19(25)21(27)24-14-11-17(12-15-24)20(26)16-7-9-18(29-4)10-8-16/h7-10,17,19H,5-6,11-15H2,1-4H3. The van der Waals surface area contributed by atoms with Crippen LogP contribution in [0.3, 0.4) is 0 Å². The van der Waals surface area contributed by atoms with E-state index in [-0.39, 0.29) is 17.6 Å². The summed E-state index contributed by atoms with van der Waals surface area (Å²) < 4.78 is 10.6. The van der Waals surface area contributed by atoms with Crippen molar-refractivity contribution in [3.05, 3.63) is 29.8 Å². The molecule has 1 aromatic rings. The van der Waals surface area contributed by atoms with E-state index in [9.17, 15) is 14.4 Å². The van der Waals surface area contributed by atoms with E-state index in [0.29, 0.717) is 44.5 Å². The molecule has 0 spiro atoms. The van der Waals surface area contributed by atoms with Crippen LogP contribution in [0.4, 0.5) is 4.79 Å². The number of carbonyl (C=O) groups is 3. The summed E-state index contributed by atoms with van der Waals surface area (Å²) in [6.07, 6.45) is 2.29. The maximum atomic E-state index is 13.1. The highest BCUT2D eigenvalue weighted by atomic mass is 16.6. The molecule has 1 atom stereocenters. The number of ketones is 1. The highest BCUT2D eigenvalue weighted by Crippen LogP contribution is 2.27. The summed E-state index contributed by atoms with van der Waals surface area (Å²) >= 11 is 0. The molecule has 164 valence electrons. The maximum absolute atomic E-state index is 13.1. The molecular weight excluding hydrogens is 384 g/mol. The van der Waals surface area contributed by atoms with E-state index in [0.717, 1.165) is 12.2 Å². The van der Waals surface area contributed by atoms with Crippen molar-refractivity contribution in [1.82, 2.24) is 9.80 Å². The lowest BCUT2D eigenvalue weighted by Crippen LogP contribution is -2.51. The molecule has 2 heterocycles. The Morgan fingerprint density at radius 1 is 0.967 bits per heavy atom. The van der Waals surface area contributed by atoms with Gasteiger partial charge in [0.05, 0.1) is 7.11 Å². The number of hydrogen-bond donors (Lipinski definition) is 0. The van der Waals surface area contributed by atoms with Gasteiger partial charge in [-0.2, -0.15) is 0 Å². The van der Waals surface area contributed by atoms with Gasteiger partial charge >= 0.3 is 6.09 Å². The fourth-order valence-electron chi connectivity index (χ4n) is 4.13. The van der Waals surface area contributed by atoms with Gasteiger partial charge in [0.1, 0.15) is 17.4 Å². The zero-order valence-electron chi connectivity index (χ0n) is 18.3. The minimum atomic E-state index is -0.590. The van der Waals surface area contributed by atoms with Crippen LogP contribution in [0.1, 0.15) is 56.8 Å². The third-order valence-corrected chi connectivity index (χ3v) is 5.72. The predicted molar refractivity (Wildman–Crippen MR) is 113 cm³/mol. The van der Waals surface area contributed by atoms with Crippen LogP contribution in [0.25, 0.3) is 0 Å². The number of piperidine rings is 1. The van der Waals surface area contributed by atoms with E-state index in [2.05, 4.69) is 0 Å². The topological polar surface area (TPSA) is 76.2 Å². The normalized spacial score (nSPS) is 20.2. The van der Waals surface area contributed by atoms with Crippen molar-refractivity contribution in [2.24, 2.45) is 5.92 Å². The minimum Gasteiger partial charge on any atom is -0.497 e. The lowest BCUT2D eigenvalue weighted by atomic mass is 9.88. The van der Waals surface area contributed by atoms with Gasteiger partial charge < -0.3 is 14.4 Å². The molecule has 0 bridgehead atoms. The minimum absolute atomic E-state index is 0.0336. The fraction of sp³-hybridized carbons (Fsp3) is 0.609. The highest BCUT2D eigenvalue weighted by Gasteiger charge is 2.39. The van der Waals surface area contributed by atoms with E-state index in [4.69, 9.17) is 9.47 Å². The molecule has 0 N–H and O–H groups in total. The molecule has 2 aliphatic rings. The zero-order valence-corrected chi connectivity index (χ0v) is 18.3. The molecule has 0 radical (unpaired) electrons. The fourth-order valence-corrected chi connectivity index (χ4v) is 4.13. The van der Waals surface area contributed by atoms with Gasteiger partial charge in [0.25, 0.3) is 0 Å². The van der Waals surface area contributed by atoms with Crippen LogP contribution in [0.15, 0.2) is 24.3 Å². The molecule has 7 heteroatoms. The van der Waals surface area contributed by atoms with Gasteiger partial charge in [-0.3, -0.25) is 14.5 Å². The van der Waals surface area contributed by atoms with Gasteiger partial charge in [0, 0.05) is 31.1 Å². The number of hydrogen-bond acceptors (Lipinski definition) is 5. The number of methoxy groups -OCH3 is 1. The lowest BCUT2D eigenvalue weighted by molar-refractivity contribution is -0.137. The third kappa shape index (κ3) is 5.12. The second-order valence-electron chi connectivity index (χ2n) is 9.02. The van der Waals surface area contributed by atoms with Gasteiger partial charge in [-0.1, -0.05) is 0 Å². The van der Waals surface area contributed by atoms with E-state index in [1.807, 2.05) is 20.8 Å². The van der Waals surface area contributed by atoms with Crippen molar-refractivity contribution in [1.29, 1.82) is 0 Å². The molecule has 0 aliphatic carbocycles. The van der Waals surface area contributed by atoms with Crippen LogP contribution >= 0.6 is 0 Å². The number of nitrogens with zero attached hydrogens (tertiary/aromatic N) is 2. The van der Waals surface area contributed by atoms with E-state index in [1.165, 1.54) is 0 Å². The average molecular weight is 417 g/mol. The summed E-state index contributed by atoms with van der Waals surface area (Å²) in [5.74, 6) is 0.709. The average Bonchev–Trinajstić information content (AvgIpc) is 3.22. The predicted octanol–water partition coefficient (Wildman–Crippen LogP) is 3.52. The van der Waals surface area contributed by atoms with Crippen molar-refractivity contribution in [2.75, 3.05) is 26.7 Å². The lowest BCUT2D eigenvalue weighted by Gasteiger charge is -2.35. The first kappa shape index (κ1) is 22.1. The monoisotopic (exact) mass is 416 g/mol. The summed E-state index contributed by atoms with van der Waals surface area (Å²) in [4.78, 5) is 41.7. The summed E-state index contributed by atoms with van der Waals surface area (Å²) in [6.45, 7) is 7.07. The second-order valence-corrected chi connectivity index (χ2v) is 9.02. The Morgan fingerprint density at radius 2 is 1.60 bits per heavy atom. The van der Waals surface area contributed by atoms with Crippen LogP contribution in [0.2, 0.25) is 0 Å². The molecule has 2 aliphatic heterocycles. The molecule has 0 saturated carbocycles.